The van der Waals surface area contributed by atoms with Crippen molar-refractivity contribution in [2.75, 3.05) is 10.6 Å². The van der Waals surface area contributed by atoms with Crippen LogP contribution < -0.4 is 10.6 Å². The van der Waals surface area contributed by atoms with E-state index in [1.165, 1.54) is 17.7 Å². The molecule has 5 heteroatoms. The maximum atomic E-state index is 13.2. The van der Waals surface area contributed by atoms with Crippen LogP contribution in [0, 0.1) is 5.82 Å². The Morgan fingerprint density at radius 2 is 1.82 bits per heavy atom. The molecule has 0 saturated heterocycles. The van der Waals surface area contributed by atoms with Crippen molar-refractivity contribution in [2.45, 2.75) is 32.6 Å². The molecule has 0 bridgehead atoms. The summed E-state index contributed by atoms with van der Waals surface area (Å²) in [5.41, 5.74) is 3.43. The van der Waals surface area contributed by atoms with Crippen LogP contribution in [0.2, 0.25) is 0 Å². The van der Waals surface area contributed by atoms with Gasteiger partial charge in [-0.15, -0.1) is 0 Å². The first-order valence-electron chi connectivity index (χ1n) is 9.18. The van der Waals surface area contributed by atoms with Gasteiger partial charge >= 0.3 is 0 Å². The van der Waals surface area contributed by atoms with Crippen LogP contribution in [0.25, 0.3) is 0 Å². The number of aromatic nitrogens is 1. The van der Waals surface area contributed by atoms with Crippen LogP contribution in [-0.4, -0.2) is 10.9 Å². The average molecular weight is 377 g/mol. The first kappa shape index (κ1) is 19.5. The molecule has 1 heterocycles. The van der Waals surface area contributed by atoms with Gasteiger partial charge in [0.1, 0.15) is 11.6 Å². The van der Waals surface area contributed by atoms with E-state index in [9.17, 15) is 9.18 Å². The van der Waals surface area contributed by atoms with E-state index in [-0.39, 0.29) is 23.6 Å². The molecule has 0 unspecified atom stereocenters. The van der Waals surface area contributed by atoms with Crippen molar-refractivity contribution in [1.29, 1.82) is 0 Å². The summed E-state index contributed by atoms with van der Waals surface area (Å²) in [6.45, 7) is 6.49. The van der Waals surface area contributed by atoms with E-state index in [2.05, 4.69) is 42.5 Å². The number of amides is 1. The van der Waals surface area contributed by atoms with Gasteiger partial charge in [-0.1, -0.05) is 51.1 Å². The highest BCUT2D eigenvalue weighted by atomic mass is 19.1. The molecule has 28 heavy (non-hydrogen) atoms. The molecule has 144 valence electrons. The highest BCUT2D eigenvalue weighted by Gasteiger charge is 2.17. The fourth-order valence-corrected chi connectivity index (χ4v) is 2.96. The molecule has 2 N–H and O–H groups in total. The summed E-state index contributed by atoms with van der Waals surface area (Å²) < 4.78 is 13.2. The predicted molar refractivity (Wildman–Crippen MR) is 111 cm³/mol. The summed E-state index contributed by atoms with van der Waals surface area (Å²) >= 11 is 0. The number of halogens is 1. The number of anilines is 3. The number of nitrogens with zero attached hydrogens (tertiary/aromatic N) is 1. The number of hydrogen-bond acceptors (Lipinski definition) is 3. The van der Waals surface area contributed by atoms with Crippen LogP contribution in [0.1, 0.15) is 31.9 Å². The third kappa shape index (κ3) is 5.16. The van der Waals surface area contributed by atoms with Crippen molar-refractivity contribution in [2.24, 2.45) is 0 Å². The molecule has 1 amide bonds. The van der Waals surface area contributed by atoms with Crippen molar-refractivity contribution < 1.29 is 9.18 Å². The van der Waals surface area contributed by atoms with Crippen LogP contribution in [0.15, 0.2) is 66.9 Å². The Hall–Kier alpha value is -3.21. The van der Waals surface area contributed by atoms with E-state index < -0.39 is 0 Å². The Labute approximate surface area is 164 Å². The van der Waals surface area contributed by atoms with E-state index >= 15 is 0 Å². The average Bonchev–Trinajstić information content (AvgIpc) is 2.63. The number of para-hydroxylation sites is 1. The topological polar surface area (TPSA) is 54.0 Å². The molecule has 3 rings (SSSR count). The van der Waals surface area contributed by atoms with Crippen molar-refractivity contribution in [3.05, 3.63) is 83.8 Å². The molecule has 1 aromatic heterocycles. The molecule has 0 saturated carbocycles. The molecule has 0 atom stereocenters. The molecule has 0 radical (unpaired) electrons. The van der Waals surface area contributed by atoms with Gasteiger partial charge in [0, 0.05) is 5.69 Å². The summed E-state index contributed by atoms with van der Waals surface area (Å²) in [6.07, 6.45) is 1.71. The van der Waals surface area contributed by atoms with Gasteiger partial charge < -0.3 is 10.6 Å². The molecule has 2 aromatic carbocycles. The minimum atomic E-state index is -0.349. The highest BCUT2D eigenvalue weighted by Crippen LogP contribution is 2.30. The number of pyridine rings is 1. The number of rotatable bonds is 5. The third-order valence-corrected chi connectivity index (χ3v) is 4.30. The van der Waals surface area contributed by atoms with Gasteiger partial charge in [-0.05, 0) is 46.9 Å². The normalized spacial score (nSPS) is 11.1. The SMILES string of the molecule is CC(C)(C)c1ccccc1Nc1ccc(NC(=O)Cc2cccc(F)c2)cn1. The van der Waals surface area contributed by atoms with Crippen LogP contribution in [-0.2, 0) is 16.6 Å². The van der Waals surface area contributed by atoms with Crippen molar-refractivity contribution in [3.8, 4) is 0 Å². The fraction of sp³-hybridized carbons (Fsp3) is 0.217. The van der Waals surface area contributed by atoms with Gasteiger partial charge in [0.2, 0.25) is 5.91 Å². The minimum Gasteiger partial charge on any atom is -0.340 e. The second-order valence-electron chi connectivity index (χ2n) is 7.71. The lowest BCUT2D eigenvalue weighted by Crippen LogP contribution is -2.15. The van der Waals surface area contributed by atoms with Gasteiger partial charge in [0.05, 0.1) is 18.3 Å². The van der Waals surface area contributed by atoms with E-state index in [4.69, 9.17) is 0 Å². The minimum absolute atomic E-state index is 0.00835. The van der Waals surface area contributed by atoms with Crippen LogP contribution >= 0.6 is 0 Å². The first-order valence-corrected chi connectivity index (χ1v) is 9.18. The summed E-state index contributed by atoms with van der Waals surface area (Å²) in [5.74, 6) is 0.129. The van der Waals surface area contributed by atoms with E-state index in [0.29, 0.717) is 17.1 Å². The van der Waals surface area contributed by atoms with E-state index in [1.807, 2.05) is 24.3 Å². The second kappa shape index (κ2) is 8.21. The first-order chi connectivity index (χ1) is 13.3. The van der Waals surface area contributed by atoms with Gasteiger partial charge in [0.25, 0.3) is 0 Å². The third-order valence-electron chi connectivity index (χ3n) is 4.30. The number of benzene rings is 2. The van der Waals surface area contributed by atoms with Crippen LogP contribution in [0.4, 0.5) is 21.6 Å². The quantitative estimate of drug-likeness (QED) is 0.622. The summed E-state index contributed by atoms with van der Waals surface area (Å²) in [6, 6.07) is 17.8. The van der Waals surface area contributed by atoms with Gasteiger partial charge in [0.15, 0.2) is 0 Å². The smallest absolute Gasteiger partial charge is 0.228 e. The molecular formula is C23H24FN3O. The van der Waals surface area contributed by atoms with Crippen molar-refractivity contribution >= 4 is 23.1 Å². The maximum absolute atomic E-state index is 13.2. The Kier molecular flexibility index (Phi) is 5.73. The highest BCUT2D eigenvalue weighted by molar-refractivity contribution is 5.92. The molecule has 0 spiro atoms. The number of nitrogens with one attached hydrogen (secondary N) is 2. The zero-order chi connectivity index (χ0) is 20.1. The van der Waals surface area contributed by atoms with Gasteiger partial charge in [-0.2, -0.15) is 0 Å². The van der Waals surface area contributed by atoms with E-state index in [0.717, 1.165) is 5.69 Å². The maximum Gasteiger partial charge on any atom is 0.228 e. The molecule has 0 aliphatic carbocycles. The number of carbonyl (C=O) groups is 1. The van der Waals surface area contributed by atoms with Crippen LogP contribution in [0.3, 0.4) is 0 Å². The lowest BCUT2D eigenvalue weighted by molar-refractivity contribution is -0.115. The predicted octanol–water partition coefficient (Wildman–Crippen LogP) is 5.44. The Bertz CT molecular complexity index is 962. The monoisotopic (exact) mass is 377 g/mol. The summed E-state index contributed by atoms with van der Waals surface area (Å²) in [7, 11) is 0. The molecular weight excluding hydrogens is 353 g/mol. The van der Waals surface area contributed by atoms with Crippen molar-refractivity contribution in [3.63, 3.8) is 0 Å². The number of carbonyl (C=O) groups excluding carboxylic acids is 1. The molecule has 0 aliphatic rings. The zero-order valence-electron chi connectivity index (χ0n) is 16.3. The summed E-state index contributed by atoms with van der Waals surface area (Å²) in [4.78, 5) is 16.5. The molecule has 0 fully saturated rings. The Balaban J connectivity index is 1.65. The van der Waals surface area contributed by atoms with Crippen LogP contribution in [0.5, 0.6) is 0 Å². The zero-order valence-corrected chi connectivity index (χ0v) is 16.3. The Morgan fingerprint density at radius 3 is 2.50 bits per heavy atom. The summed E-state index contributed by atoms with van der Waals surface area (Å²) in [5, 5.41) is 6.13. The second-order valence-corrected chi connectivity index (χ2v) is 7.71. The van der Waals surface area contributed by atoms with Gasteiger partial charge in [-0.3, -0.25) is 4.79 Å². The molecule has 3 aromatic rings. The standard InChI is InChI=1S/C23H24FN3O/c1-23(2,3)19-9-4-5-10-20(19)27-21-12-11-18(15-25-21)26-22(28)14-16-7-6-8-17(24)13-16/h4-13,15H,14H2,1-3H3,(H,25,27)(H,26,28). The Morgan fingerprint density at radius 1 is 1.04 bits per heavy atom. The van der Waals surface area contributed by atoms with E-state index in [1.54, 1.807) is 24.4 Å². The lowest BCUT2D eigenvalue weighted by atomic mass is 9.86. The fourth-order valence-electron chi connectivity index (χ4n) is 2.96. The molecule has 4 nitrogen and oxygen atoms in total. The van der Waals surface area contributed by atoms with Crippen molar-refractivity contribution in [1.82, 2.24) is 4.98 Å². The molecule has 0 aliphatic heterocycles. The largest absolute Gasteiger partial charge is 0.340 e. The van der Waals surface area contributed by atoms with Gasteiger partial charge in [-0.25, -0.2) is 9.37 Å². The number of hydrogen-bond donors (Lipinski definition) is 2. The lowest BCUT2D eigenvalue weighted by Gasteiger charge is -2.23.